The maximum Gasteiger partial charge on any atom is 0.127 e. The fourth-order valence-electron chi connectivity index (χ4n) is 6.22. The summed E-state index contributed by atoms with van der Waals surface area (Å²) in [5.74, 6) is 2.33. The van der Waals surface area contributed by atoms with Crippen LogP contribution in [0.1, 0.15) is 74.2 Å². The average molecular weight is 419 g/mol. The van der Waals surface area contributed by atoms with Gasteiger partial charge in [0.1, 0.15) is 11.9 Å². The third kappa shape index (κ3) is 5.15. The van der Waals surface area contributed by atoms with Crippen molar-refractivity contribution in [3.63, 3.8) is 0 Å². The van der Waals surface area contributed by atoms with Crippen LogP contribution in [-0.2, 0) is 13.0 Å². The summed E-state index contributed by atoms with van der Waals surface area (Å²) in [6.07, 6.45) is 11.6. The zero-order chi connectivity index (χ0) is 21.0. The normalized spacial score (nSPS) is 28.9. The van der Waals surface area contributed by atoms with Crippen LogP contribution in [0, 0.1) is 11.8 Å². The highest BCUT2D eigenvalue weighted by molar-refractivity contribution is 5.37. The molecule has 2 aliphatic carbocycles. The van der Waals surface area contributed by atoms with Gasteiger partial charge >= 0.3 is 0 Å². The van der Waals surface area contributed by atoms with Crippen LogP contribution < -0.4 is 10.5 Å². The Kier molecular flexibility index (Phi) is 6.61. The smallest absolute Gasteiger partial charge is 0.127 e. The minimum atomic E-state index is 0.166. The Morgan fingerprint density at radius 3 is 2.68 bits per heavy atom. The maximum absolute atomic E-state index is 6.76. The number of likely N-dealkylation sites (tertiary alicyclic amines) is 1. The number of nitrogens with zero attached hydrogens (tertiary/aromatic N) is 1. The van der Waals surface area contributed by atoms with E-state index in [0.717, 1.165) is 24.6 Å². The van der Waals surface area contributed by atoms with Crippen molar-refractivity contribution in [2.45, 2.75) is 76.5 Å². The molecule has 2 fully saturated rings. The first kappa shape index (κ1) is 21.0. The van der Waals surface area contributed by atoms with Gasteiger partial charge in [-0.05, 0) is 86.4 Å². The van der Waals surface area contributed by atoms with Gasteiger partial charge in [-0.3, -0.25) is 4.90 Å². The molecule has 0 radical (unpaired) electrons. The molecule has 31 heavy (non-hydrogen) atoms. The number of hydrogen-bond acceptors (Lipinski definition) is 3. The zero-order valence-corrected chi connectivity index (χ0v) is 18.8. The first-order valence-corrected chi connectivity index (χ1v) is 12.6. The van der Waals surface area contributed by atoms with Gasteiger partial charge < -0.3 is 10.5 Å². The molecule has 2 aromatic rings. The molecule has 2 N–H and O–H groups in total. The van der Waals surface area contributed by atoms with Gasteiger partial charge in [-0.15, -0.1) is 0 Å². The lowest BCUT2D eigenvalue weighted by Gasteiger charge is -2.31. The SMILES string of the molecule is NC1CCCC(CC2Cc3ccccc3C2Oc2cccc(CN3CCCCC3)c2)C1. The zero-order valence-electron chi connectivity index (χ0n) is 18.8. The Balaban J connectivity index is 1.31. The van der Waals surface area contributed by atoms with Crippen molar-refractivity contribution in [1.29, 1.82) is 0 Å². The van der Waals surface area contributed by atoms with E-state index in [9.17, 15) is 0 Å². The number of fused-ring (bicyclic) bond motifs is 1. The van der Waals surface area contributed by atoms with Crippen LogP contribution >= 0.6 is 0 Å². The van der Waals surface area contributed by atoms with Gasteiger partial charge in [0.2, 0.25) is 0 Å². The number of rotatable bonds is 6. The summed E-state index contributed by atoms with van der Waals surface area (Å²) in [7, 11) is 0. The Bertz CT molecular complexity index is 860. The molecule has 0 bridgehead atoms. The summed E-state index contributed by atoms with van der Waals surface area (Å²) >= 11 is 0. The summed E-state index contributed by atoms with van der Waals surface area (Å²) in [4.78, 5) is 2.59. The minimum Gasteiger partial charge on any atom is -0.485 e. The molecule has 166 valence electrons. The van der Waals surface area contributed by atoms with E-state index >= 15 is 0 Å². The molecule has 3 aliphatic rings. The molecule has 1 heterocycles. The van der Waals surface area contributed by atoms with Gasteiger partial charge in [0.25, 0.3) is 0 Å². The minimum absolute atomic E-state index is 0.166. The lowest BCUT2D eigenvalue weighted by molar-refractivity contribution is 0.122. The first-order chi connectivity index (χ1) is 15.2. The van der Waals surface area contributed by atoms with Crippen molar-refractivity contribution in [3.8, 4) is 5.75 Å². The lowest BCUT2D eigenvalue weighted by atomic mass is 9.79. The van der Waals surface area contributed by atoms with Gasteiger partial charge in [-0.2, -0.15) is 0 Å². The standard InChI is InChI=1S/C28H38N2O/c29-25-11-6-8-21(17-25)16-24-19-23-10-2-3-13-27(23)28(24)31-26-12-7-9-22(18-26)20-30-14-4-1-5-15-30/h2-3,7,9-10,12-13,18,21,24-25,28H,1,4-6,8,11,14-17,19-20,29H2. The van der Waals surface area contributed by atoms with E-state index in [1.54, 1.807) is 0 Å². The van der Waals surface area contributed by atoms with Crippen molar-refractivity contribution in [2.75, 3.05) is 13.1 Å². The predicted molar refractivity (Wildman–Crippen MR) is 127 cm³/mol. The van der Waals surface area contributed by atoms with Crippen LogP contribution in [0.2, 0.25) is 0 Å². The number of nitrogens with two attached hydrogens (primary N) is 1. The molecule has 4 unspecified atom stereocenters. The van der Waals surface area contributed by atoms with E-state index in [1.165, 1.54) is 81.1 Å². The van der Waals surface area contributed by atoms with Crippen LogP contribution in [0.25, 0.3) is 0 Å². The van der Waals surface area contributed by atoms with Crippen molar-refractivity contribution < 1.29 is 4.74 Å². The molecule has 0 amide bonds. The second-order valence-corrected chi connectivity index (χ2v) is 10.2. The van der Waals surface area contributed by atoms with Gasteiger partial charge in [0, 0.05) is 18.5 Å². The highest BCUT2D eigenvalue weighted by Crippen LogP contribution is 2.44. The largest absolute Gasteiger partial charge is 0.485 e. The molecule has 1 saturated heterocycles. The molecule has 5 rings (SSSR count). The number of benzene rings is 2. The van der Waals surface area contributed by atoms with E-state index in [-0.39, 0.29) is 6.10 Å². The molecule has 1 aliphatic heterocycles. The highest BCUT2D eigenvalue weighted by Gasteiger charge is 2.36. The summed E-state index contributed by atoms with van der Waals surface area (Å²) < 4.78 is 6.76. The maximum atomic E-state index is 6.76. The molecule has 3 heteroatoms. The highest BCUT2D eigenvalue weighted by atomic mass is 16.5. The second kappa shape index (κ2) is 9.75. The number of hydrogen-bond donors (Lipinski definition) is 1. The van der Waals surface area contributed by atoms with E-state index in [4.69, 9.17) is 10.5 Å². The Morgan fingerprint density at radius 2 is 1.81 bits per heavy atom. The molecule has 4 atom stereocenters. The van der Waals surface area contributed by atoms with Crippen LogP contribution in [0.4, 0.5) is 0 Å². The van der Waals surface area contributed by atoms with Crippen molar-refractivity contribution >= 4 is 0 Å². The van der Waals surface area contributed by atoms with E-state index in [2.05, 4.69) is 53.4 Å². The molecule has 1 saturated carbocycles. The van der Waals surface area contributed by atoms with Crippen LogP contribution in [0.3, 0.4) is 0 Å². The quantitative estimate of drug-likeness (QED) is 0.637. The first-order valence-electron chi connectivity index (χ1n) is 12.6. The third-order valence-electron chi connectivity index (χ3n) is 7.75. The Hall–Kier alpha value is -1.84. The van der Waals surface area contributed by atoms with Gasteiger partial charge in [0.05, 0.1) is 0 Å². The molecule has 2 aromatic carbocycles. The van der Waals surface area contributed by atoms with Crippen LogP contribution in [0.5, 0.6) is 5.75 Å². The predicted octanol–water partition coefficient (Wildman–Crippen LogP) is 5.87. The summed E-state index contributed by atoms with van der Waals surface area (Å²) in [6, 6.07) is 18.2. The monoisotopic (exact) mass is 418 g/mol. The summed E-state index contributed by atoms with van der Waals surface area (Å²) in [5, 5.41) is 0. The molecular weight excluding hydrogens is 380 g/mol. The van der Waals surface area contributed by atoms with Gasteiger partial charge in [-0.25, -0.2) is 0 Å². The van der Waals surface area contributed by atoms with Gasteiger partial charge in [-0.1, -0.05) is 55.7 Å². The molecule has 0 aromatic heterocycles. The van der Waals surface area contributed by atoms with E-state index in [0.29, 0.717) is 12.0 Å². The fraction of sp³-hybridized carbons (Fsp3) is 0.571. The summed E-state index contributed by atoms with van der Waals surface area (Å²) in [6.45, 7) is 3.50. The molecule has 3 nitrogen and oxygen atoms in total. The van der Waals surface area contributed by atoms with Crippen LogP contribution in [-0.4, -0.2) is 24.0 Å². The topological polar surface area (TPSA) is 38.5 Å². The van der Waals surface area contributed by atoms with Crippen molar-refractivity contribution in [1.82, 2.24) is 4.90 Å². The Labute approximate surface area is 188 Å². The lowest BCUT2D eigenvalue weighted by Crippen LogP contribution is -2.30. The fourth-order valence-corrected chi connectivity index (χ4v) is 6.22. The van der Waals surface area contributed by atoms with Crippen molar-refractivity contribution in [2.24, 2.45) is 17.6 Å². The summed E-state index contributed by atoms with van der Waals surface area (Å²) in [5.41, 5.74) is 10.5. The van der Waals surface area contributed by atoms with E-state index in [1.807, 2.05) is 0 Å². The van der Waals surface area contributed by atoms with E-state index < -0.39 is 0 Å². The Morgan fingerprint density at radius 1 is 0.935 bits per heavy atom. The average Bonchev–Trinajstić information content (AvgIpc) is 3.12. The third-order valence-corrected chi connectivity index (χ3v) is 7.75. The molecule has 0 spiro atoms. The van der Waals surface area contributed by atoms with Crippen LogP contribution in [0.15, 0.2) is 48.5 Å². The van der Waals surface area contributed by atoms with Gasteiger partial charge in [0.15, 0.2) is 0 Å². The number of piperidine rings is 1. The second-order valence-electron chi connectivity index (χ2n) is 10.2. The van der Waals surface area contributed by atoms with Crippen molar-refractivity contribution in [3.05, 3.63) is 65.2 Å². The molecular formula is C28H38N2O. The number of ether oxygens (including phenoxy) is 1.